The molecule has 2 N–H and O–H groups in total. The number of carbonyl (C=O) groups excluding carboxylic acids is 1. The van der Waals surface area contributed by atoms with Crippen LogP contribution in [-0.4, -0.2) is 22.8 Å². The van der Waals surface area contributed by atoms with E-state index < -0.39 is 36.6 Å². The third-order valence-corrected chi connectivity index (χ3v) is 2.63. The monoisotopic (exact) mass is 315 g/mol. The molecule has 0 aliphatic carbocycles. The summed E-state index contributed by atoms with van der Waals surface area (Å²) in [5.41, 5.74) is -0.701. The molecule has 0 radical (unpaired) electrons. The average molecular weight is 315 g/mol. The smallest absolute Gasteiger partial charge is 0.408 e. The van der Waals surface area contributed by atoms with Gasteiger partial charge in [0.05, 0.1) is 12.5 Å². The minimum absolute atomic E-state index is 0.237. The van der Waals surface area contributed by atoms with Gasteiger partial charge in [-0.25, -0.2) is 13.6 Å². The van der Waals surface area contributed by atoms with E-state index in [0.717, 1.165) is 0 Å². The van der Waals surface area contributed by atoms with Crippen LogP contribution in [0.2, 0.25) is 0 Å². The maximum Gasteiger partial charge on any atom is 0.408 e. The molecule has 0 unspecified atom stereocenters. The summed E-state index contributed by atoms with van der Waals surface area (Å²) in [5, 5.41) is 11.3. The predicted molar refractivity (Wildman–Crippen MR) is 75.8 cm³/mol. The maximum atomic E-state index is 12.7. The number of carbonyl (C=O) groups is 2. The lowest BCUT2D eigenvalue weighted by molar-refractivity contribution is -0.137. The fourth-order valence-electron chi connectivity index (χ4n) is 1.79. The highest BCUT2D eigenvalue weighted by Crippen LogP contribution is 2.24. The third-order valence-electron chi connectivity index (χ3n) is 2.63. The maximum absolute atomic E-state index is 12.7. The number of carboxylic acids is 1. The van der Waals surface area contributed by atoms with Crippen LogP contribution in [0.15, 0.2) is 24.3 Å². The van der Waals surface area contributed by atoms with Crippen molar-refractivity contribution in [2.75, 3.05) is 0 Å². The highest BCUT2D eigenvalue weighted by molar-refractivity contribution is 5.72. The Balaban J connectivity index is 2.95. The first-order chi connectivity index (χ1) is 10.1. The molecule has 0 fully saturated rings. The van der Waals surface area contributed by atoms with Crippen molar-refractivity contribution >= 4 is 12.1 Å². The van der Waals surface area contributed by atoms with Gasteiger partial charge in [-0.15, -0.1) is 0 Å². The number of hydrogen-bond acceptors (Lipinski definition) is 3. The van der Waals surface area contributed by atoms with Crippen LogP contribution in [0.25, 0.3) is 0 Å². The van der Waals surface area contributed by atoms with Gasteiger partial charge in [-0.1, -0.05) is 18.2 Å². The number of carboxylic acid groups (broad SMARTS) is 1. The van der Waals surface area contributed by atoms with Crippen LogP contribution in [0.3, 0.4) is 0 Å². The van der Waals surface area contributed by atoms with Gasteiger partial charge in [0, 0.05) is 5.56 Å². The van der Waals surface area contributed by atoms with E-state index in [9.17, 15) is 18.4 Å². The minimum atomic E-state index is -2.67. The summed E-state index contributed by atoms with van der Waals surface area (Å²) in [7, 11) is 0. The van der Waals surface area contributed by atoms with E-state index in [2.05, 4.69) is 5.32 Å². The third kappa shape index (κ3) is 6.07. The number of aliphatic carboxylic acids is 1. The fraction of sp³-hybridized carbons (Fsp3) is 0.467. The molecule has 0 aliphatic rings. The van der Waals surface area contributed by atoms with Crippen molar-refractivity contribution in [1.82, 2.24) is 5.32 Å². The fourth-order valence-corrected chi connectivity index (χ4v) is 1.79. The molecule has 122 valence electrons. The van der Waals surface area contributed by atoms with E-state index >= 15 is 0 Å². The zero-order chi connectivity index (χ0) is 16.9. The molecule has 5 nitrogen and oxygen atoms in total. The molecular weight excluding hydrogens is 296 g/mol. The number of rotatable bonds is 5. The van der Waals surface area contributed by atoms with Gasteiger partial charge in [0.15, 0.2) is 0 Å². The van der Waals surface area contributed by atoms with Gasteiger partial charge < -0.3 is 15.2 Å². The van der Waals surface area contributed by atoms with E-state index in [4.69, 9.17) is 9.84 Å². The van der Waals surface area contributed by atoms with Crippen molar-refractivity contribution in [2.45, 2.75) is 45.3 Å². The van der Waals surface area contributed by atoms with E-state index in [1.807, 2.05) is 0 Å². The van der Waals surface area contributed by atoms with Crippen molar-refractivity contribution in [2.24, 2.45) is 0 Å². The number of amides is 1. The first kappa shape index (κ1) is 17.9. The molecule has 1 aromatic carbocycles. The Hall–Kier alpha value is -2.18. The lowest BCUT2D eigenvalue weighted by Gasteiger charge is -2.23. The number of halogens is 2. The van der Waals surface area contributed by atoms with Crippen molar-refractivity contribution in [3.8, 4) is 0 Å². The molecule has 0 bridgehead atoms. The molecule has 22 heavy (non-hydrogen) atoms. The molecule has 0 spiro atoms. The van der Waals surface area contributed by atoms with E-state index in [1.54, 1.807) is 20.8 Å². The van der Waals surface area contributed by atoms with Gasteiger partial charge in [-0.3, -0.25) is 4.79 Å². The van der Waals surface area contributed by atoms with Gasteiger partial charge in [-0.2, -0.15) is 0 Å². The number of nitrogens with one attached hydrogen (secondary N) is 1. The second-order valence-corrected chi connectivity index (χ2v) is 5.77. The van der Waals surface area contributed by atoms with Crippen molar-refractivity contribution in [1.29, 1.82) is 0 Å². The summed E-state index contributed by atoms with van der Waals surface area (Å²) in [4.78, 5) is 22.7. The highest BCUT2D eigenvalue weighted by atomic mass is 19.3. The number of hydrogen-bond donors (Lipinski definition) is 2. The molecule has 1 atom stereocenters. The molecule has 0 aliphatic heterocycles. The van der Waals surface area contributed by atoms with Gasteiger partial charge in [0.25, 0.3) is 6.43 Å². The Morgan fingerprint density at radius 3 is 2.36 bits per heavy atom. The summed E-state index contributed by atoms with van der Waals surface area (Å²) in [6, 6.07) is 4.33. The number of alkyl halides is 2. The Morgan fingerprint density at radius 1 is 1.27 bits per heavy atom. The van der Waals surface area contributed by atoms with Gasteiger partial charge in [-0.05, 0) is 32.4 Å². The minimum Gasteiger partial charge on any atom is -0.481 e. The van der Waals surface area contributed by atoms with Crippen LogP contribution >= 0.6 is 0 Å². The van der Waals surface area contributed by atoms with Crippen LogP contribution in [-0.2, 0) is 9.53 Å². The number of benzene rings is 1. The summed E-state index contributed by atoms with van der Waals surface area (Å²) in [6.07, 6.45) is -3.92. The van der Waals surface area contributed by atoms with Crippen LogP contribution in [0.1, 0.15) is 50.8 Å². The molecule has 1 rings (SSSR count). The van der Waals surface area contributed by atoms with Gasteiger partial charge in [0.1, 0.15) is 5.60 Å². The van der Waals surface area contributed by atoms with Gasteiger partial charge >= 0.3 is 12.1 Å². The van der Waals surface area contributed by atoms with Crippen molar-refractivity contribution in [3.05, 3.63) is 35.4 Å². The Kier molecular flexibility index (Phi) is 5.84. The van der Waals surface area contributed by atoms with Crippen LogP contribution in [0.5, 0.6) is 0 Å². The van der Waals surface area contributed by atoms with Crippen molar-refractivity contribution in [3.63, 3.8) is 0 Å². The number of ether oxygens (including phenoxy) is 1. The molecule has 1 aromatic rings. The second-order valence-electron chi connectivity index (χ2n) is 5.77. The van der Waals surface area contributed by atoms with Gasteiger partial charge in [0.2, 0.25) is 0 Å². The quantitative estimate of drug-likeness (QED) is 0.869. The normalized spacial score (nSPS) is 12.8. The molecule has 0 saturated carbocycles. The number of alkyl carbamates (subject to hydrolysis) is 1. The molecule has 0 heterocycles. The largest absolute Gasteiger partial charge is 0.481 e. The summed E-state index contributed by atoms with van der Waals surface area (Å²) >= 11 is 0. The lowest BCUT2D eigenvalue weighted by Crippen LogP contribution is -2.35. The Labute approximate surface area is 127 Å². The van der Waals surface area contributed by atoms with Crippen LogP contribution in [0, 0.1) is 0 Å². The summed E-state index contributed by atoms with van der Waals surface area (Å²) < 4.78 is 30.5. The standard InChI is InChI=1S/C15H19F2NO4/c1-15(2,3)22-14(21)18-11(8-12(19)20)9-5-4-6-10(7-9)13(16)17/h4-7,11,13H,8H2,1-3H3,(H,18,21)(H,19,20)/t11-/m1/s1. The first-order valence-electron chi connectivity index (χ1n) is 6.68. The zero-order valence-corrected chi connectivity index (χ0v) is 12.6. The van der Waals surface area contributed by atoms with E-state index in [0.29, 0.717) is 0 Å². The Bertz CT molecular complexity index is 541. The molecule has 7 heteroatoms. The highest BCUT2D eigenvalue weighted by Gasteiger charge is 2.23. The topological polar surface area (TPSA) is 75.6 Å². The lowest BCUT2D eigenvalue weighted by atomic mass is 10.0. The van der Waals surface area contributed by atoms with Crippen molar-refractivity contribution < 1.29 is 28.2 Å². The molecule has 0 aromatic heterocycles. The second kappa shape index (κ2) is 7.20. The zero-order valence-electron chi connectivity index (χ0n) is 12.6. The van der Waals surface area contributed by atoms with E-state index in [-0.39, 0.29) is 11.1 Å². The first-order valence-corrected chi connectivity index (χ1v) is 6.68. The average Bonchev–Trinajstić information content (AvgIpc) is 2.35. The summed E-state index contributed by atoms with van der Waals surface area (Å²) in [5.74, 6) is -1.16. The van der Waals surface area contributed by atoms with Crippen LogP contribution < -0.4 is 5.32 Å². The van der Waals surface area contributed by atoms with Crippen LogP contribution in [0.4, 0.5) is 13.6 Å². The Morgan fingerprint density at radius 2 is 1.86 bits per heavy atom. The predicted octanol–water partition coefficient (Wildman–Crippen LogP) is 3.66. The molecule has 0 saturated heterocycles. The summed E-state index contributed by atoms with van der Waals surface area (Å²) in [6.45, 7) is 4.99. The SMILES string of the molecule is CC(C)(C)OC(=O)N[C@H](CC(=O)O)c1cccc(C(F)F)c1. The molecular formula is C15H19F2NO4. The van der Waals surface area contributed by atoms with E-state index in [1.165, 1.54) is 24.3 Å². The molecule has 1 amide bonds.